The summed E-state index contributed by atoms with van der Waals surface area (Å²) in [4.78, 5) is 0. The monoisotopic (exact) mass is 1160 g/mol. The van der Waals surface area contributed by atoms with Crippen LogP contribution in [-0.2, 0) is 86.6 Å². The fourth-order valence-corrected chi connectivity index (χ4v) is 13.6. The average molecular weight is 1160 g/mol. The molecule has 0 amide bonds. The second-order valence-corrected chi connectivity index (χ2v) is 24.6. The Bertz CT molecular complexity index is 4330. The molecule has 0 N–H and O–H groups in total. The van der Waals surface area contributed by atoms with E-state index in [4.69, 9.17) is 9.60 Å². The number of fused-ring (bicyclic) bond motifs is 4. The highest BCUT2D eigenvalue weighted by molar-refractivity contribution is 5.67. The van der Waals surface area contributed by atoms with Gasteiger partial charge in [0.1, 0.15) is 35.2 Å². The molecule has 10 aromatic rings. The van der Waals surface area contributed by atoms with Crippen LogP contribution in [-0.4, -0.2) is 0 Å². The molecule has 4 aliphatic carbocycles. The van der Waals surface area contributed by atoms with E-state index in [9.17, 15) is 0 Å². The lowest BCUT2D eigenvalue weighted by Gasteiger charge is -2.17. The van der Waals surface area contributed by atoms with Gasteiger partial charge in [0.05, 0.1) is 0 Å². The normalized spacial score (nSPS) is 15.6. The molecular formula is C82H96N5+5. The van der Waals surface area contributed by atoms with Crippen LogP contribution in [0.5, 0.6) is 0 Å². The summed E-state index contributed by atoms with van der Waals surface area (Å²) in [6, 6.07) is 56.8. The minimum Gasteiger partial charge on any atom is -0.201 e. The quantitative estimate of drug-likeness (QED) is 0.148. The zero-order chi connectivity index (χ0) is 67.1. The van der Waals surface area contributed by atoms with E-state index in [2.05, 4.69) is 219 Å². The fraction of sp³-hybridized carbons (Fsp3) is 0.329. The van der Waals surface area contributed by atoms with Crippen molar-refractivity contribution < 1.29 is 32.4 Å². The van der Waals surface area contributed by atoms with E-state index in [0.717, 1.165) is 11.1 Å². The van der Waals surface area contributed by atoms with Gasteiger partial charge in [-0.3, -0.25) is 0 Å². The van der Waals surface area contributed by atoms with Gasteiger partial charge >= 0.3 is 0 Å². The van der Waals surface area contributed by atoms with Crippen molar-refractivity contribution in [3.05, 3.63) is 267 Å². The van der Waals surface area contributed by atoms with Crippen LogP contribution in [0.15, 0.2) is 189 Å². The molecule has 5 nitrogen and oxygen atoms in total. The number of hydrogen-bond donors (Lipinski definition) is 0. The van der Waals surface area contributed by atoms with Gasteiger partial charge in [-0.25, -0.2) is 18.3 Å². The third-order valence-electron chi connectivity index (χ3n) is 18.5. The third kappa shape index (κ3) is 14.3. The lowest BCUT2D eigenvalue weighted by molar-refractivity contribution is -0.667. The third-order valence-corrected chi connectivity index (χ3v) is 18.5. The first-order valence-corrected chi connectivity index (χ1v) is 31.8. The molecule has 0 spiro atoms. The van der Waals surface area contributed by atoms with Crippen molar-refractivity contribution in [2.24, 2.45) is 35.2 Å². The van der Waals surface area contributed by atoms with E-state index in [0.29, 0.717) is 5.69 Å². The molecule has 0 aliphatic heterocycles. The summed E-state index contributed by atoms with van der Waals surface area (Å²) in [5.74, 6) is -2.03. The molecule has 0 radical (unpaired) electrons. The summed E-state index contributed by atoms with van der Waals surface area (Å²) < 4.78 is 65.5. The maximum atomic E-state index is 8.33. The first-order valence-electron chi connectivity index (χ1n) is 35.3. The van der Waals surface area contributed by atoms with Gasteiger partial charge in [0.25, 0.3) is 0 Å². The van der Waals surface area contributed by atoms with E-state index < -0.39 is 19.6 Å². The van der Waals surface area contributed by atoms with Gasteiger partial charge in [0.2, 0.25) is 28.5 Å². The van der Waals surface area contributed by atoms with Crippen molar-refractivity contribution in [2.75, 3.05) is 0 Å². The SMILES string of the molecule is C[n+]1ccc2c(c1-c1ccccc1)CCC2.Cc1ccccc1-c1c2c(cc[n+]1C)CCCC2.Cc1ccccc1-c1cc2c(c[n+]1C)CCC2.Cc1ccccc1-c1cc2c(c[n+]1C)CCCC2.[2H]C([2H])([2H])c1c(C([2H])(C)C([2H])([2H])[2H])ccc(-c2ccccc2C)[n+]1C. The summed E-state index contributed by atoms with van der Waals surface area (Å²) in [5, 5.41) is 0. The molecule has 0 fully saturated rings. The van der Waals surface area contributed by atoms with Crippen molar-refractivity contribution in [2.45, 2.75) is 144 Å². The van der Waals surface area contributed by atoms with Crippen molar-refractivity contribution >= 4 is 0 Å². The minimum absolute atomic E-state index is 0.00710. The van der Waals surface area contributed by atoms with E-state index >= 15 is 0 Å². The first kappa shape index (κ1) is 53.1. The van der Waals surface area contributed by atoms with Gasteiger partial charge in [-0.15, -0.1) is 0 Å². The van der Waals surface area contributed by atoms with E-state index in [1.54, 1.807) is 46.5 Å². The number of nitrogens with zero attached hydrogens (tertiary/aromatic N) is 5. The lowest BCUT2D eigenvalue weighted by Crippen LogP contribution is -2.36. The van der Waals surface area contributed by atoms with Crippen LogP contribution in [0.1, 0.15) is 146 Å². The summed E-state index contributed by atoms with van der Waals surface area (Å²) in [6.45, 7) is 4.54. The predicted molar refractivity (Wildman–Crippen MR) is 360 cm³/mol. The second-order valence-electron chi connectivity index (χ2n) is 24.6. The minimum atomic E-state index is -2.65. The topological polar surface area (TPSA) is 19.4 Å². The number of rotatable bonds is 6. The van der Waals surface area contributed by atoms with Crippen LogP contribution in [0.4, 0.5) is 0 Å². The number of benzene rings is 5. The van der Waals surface area contributed by atoms with Crippen molar-refractivity contribution in [1.82, 2.24) is 0 Å². The molecule has 4 aliphatic rings. The molecule has 87 heavy (non-hydrogen) atoms. The highest BCUT2D eigenvalue weighted by Crippen LogP contribution is 2.33. The van der Waals surface area contributed by atoms with E-state index in [1.807, 2.05) is 31.2 Å². The van der Waals surface area contributed by atoms with Gasteiger partial charge in [0, 0.05) is 102 Å². The molecule has 14 rings (SSSR count). The van der Waals surface area contributed by atoms with Crippen molar-refractivity contribution in [3.8, 4) is 56.3 Å². The molecule has 0 saturated carbocycles. The Balaban J connectivity index is 0.000000129. The van der Waals surface area contributed by atoms with Crippen LogP contribution in [0.2, 0.25) is 0 Å². The highest BCUT2D eigenvalue weighted by Gasteiger charge is 2.26. The molecule has 5 aromatic carbocycles. The Morgan fingerprint density at radius 1 is 0.379 bits per heavy atom. The molecule has 0 saturated heterocycles. The molecule has 1 atom stereocenters. The molecule has 1 unspecified atom stereocenters. The molecule has 5 heterocycles. The molecule has 0 bridgehead atoms. The largest absolute Gasteiger partial charge is 0.216 e. The Hall–Kier alpha value is -8.15. The Labute approximate surface area is 532 Å². The molecule has 444 valence electrons. The van der Waals surface area contributed by atoms with Crippen LogP contribution in [0, 0.1) is 34.5 Å². The van der Waals surface area contributed by atoms with Gasteiger partial charge in [-0.2, -0.15) is 4.57 Å². The summed E-state index contributed by atoms with van der Waals surface area (Å²) in [5.41, 5.74) is 29.8. The Morgan fingerprint density at radius 2 is 0.782 bits per heavy atom. The molecule has 5 heteroatoms. The van der Waals surface area contributed by atoms with Gasteiger partial charge in [-0.1, -0.05) is 105 Å². The van der Waals surface area contributed by atoms with Gasteiger partial charge in [-0.05, 0) is 210 Å². The summed E-state index contributed by atoms with van der Waals surface area (Å²) in [7, 11) is 10.2. The van der Waals surface area contributed by atoms with Crippen LogP contribution >= 0.6 is 0 Å². The summed E-state index contributed by atoms with van der Waals surface area (Å²) in [6.07, 6.45) is 26.9. The van der Waals surface area contributed by atoms with Crippen LogP contribution < -0.4 is 22.8 Å². The molecular weight excluding hydrogens is 1050 g/mol. The number of aryl methyl sites for hydroxylation is 14. The smallest absolute Gasteiger partial charge is 0.201 e. The standard InChI is InChI=1S/2C17H20N.C17H22N.C16H18N.C15H16N/c1-13-7-3-6-10-16(13)17-11-14-8-4-5-9-15(14)12-18(17)2;1-13-7-3-5-9-15(13)17-16-10-6-4-8-14(16)11-12-18(17)2;1-12(2)15-10-11-17(18(5)14(15)4)16-9-7-6-8-13(16)3;1-12-6-3-4-9-15(12)16-10-13-7-5-8-14(13)11-17(16)2;1-16-11-10-12-8-5-9-14(12)15(16)13-6-3-2-4-7-13/h3,6-7,10-12H,4-5,8-9H2,1-2H3;3,5,7,9,11-12H,4,6,8,10H2,1-2H3;6-12H,1-5H3;3-4,6,9-11H,5,7-8H2,1-2H3;2-4,6-7,10-11H,5,8-9H2,1H3/q5*+1/i;;1D3,4D3,12D;;. The number of aromatic nitrogens is 5. The van der Waals surface area contributed by atoms with Crippen LogP contribution in [0.3, 0.4) is 0 Å². The van der Waals surface area contributed by atoms with E-state index in [1.165, 1.54) is 180 Å². The summed E-state index contributed by atoms with van der Waals surface area (Å²) >= 11 is 0. The average Bonchev–Trinajstić information content (AvgIpc) is 0.965. The first-order chi connectivity index (χ1) is 44.9. The van der Waals surface area contributed by atoms with Gasteiger partial charge < -0.3 is 0 Å². The van der Waals surface area contributed by atoms with E-state index in [-0.39, 0.29) is 11.3 Å². The second kappa shape index (κ2) is 28.6. The molecule has 5 aromatic heterocycles. The van der Waals surface area contributed by atoms with Gasteiger partial charge in [0.15, 0.2) is 30.5 Å². The highest BCUT2D eigenvalue weighted by atomic mass is 15.0. The number of hydrogen-bond acceptors (Lipinski definition) is 0. The zero-order valence-corrected chi connectivity index (χ0v) is 53.5. The lowest BCUT2D eigenvalue weighted by atomic mass is 9.88. The maximum absolute atomic E-state index is 8.33. The maximum Gasteiger partial charge on any atom is 0.216 e. The Morgan fingerprint density at radius 3 is 1.31 bits per heavy atom. The zero-order valence-electron chi connectivity index (χ0n) is 60.5. The predicted octanol–water partition coefficient (Wildman–Crippen LogP) is 16.3. The number of pyridine rings is 5. The van der Waals surface area contributed by atoms with Crippen molar-refractivity contribution in [1.29, 1.82) is 0 Å². The van der Waals surface area contributed by atoms with Crippen molar-refractivity contribution in [3.63, 3.8) is 0 Å². The Kier molecular flexibility index (Phi) is 17.4. The van der Waals surface area contributed by atoms with Crippen LogP contribution in [0.25, 0.3) is 56.3 Å². The fourth-order valence-electron chi connectivity index (χ4n) is 13.6.